The highest BCUT2D eigenvalue weighted by molar-refractivity contribution is 5.96. The Labute approximate surface area is 219 Å². The highest BCUT2D eigenvalue weighted by Crippen LogP contribution is 2.23. The van der Waals surface area contributed by atoms with Crippen molar-refractivity contribution in [2.75, 3.05) is 62.2 Å². The van der Waals surface area contributed by atoms with Gasteiger partial charge in [-0.15, -0.1) is 0 Å². The van der Waals surface area contributed by atoms with Crippen LogP contribution in [0.25, 0.3) is 0 Å². The number of para-hydroxylation sites is 1. The van der Waals surface area contributed by atoms with Gasteiger partial charge in [0.25, 0.3) is 5.91 Å². The predicted octanol–water partition coefficient (Wildman–Crippen LogP) is 3.85. The second kappa shape index (κ2) is 11.0. The van der Waals surface area contributed by atoms with Gasteiger partial charge in [0, 0.05) is 70.7 Å². The Morgan fingerprint density at radius 3 is 2.32 bits per heavy atom. The molecule has 37 heavy (non-hydrogen) atoms. The van der Waals surface area contributed by atoms with Crippen molar-refractivity contribution < 1.29 is 4.79 Å². The van der Waals surface area contributed by atoms with Crippen LogP contribution < -0.4 is 9.80 Å². The van der Waals surface area contributed by atoms with Crippen LogP contribution in [0.3, 0.4) is 0 Å². The molecular weight excluding hydrogens is 460 g/mol. The topological polar surface area (TPSA) is 66.7 Å². The summed E-state index contributed by atoms with van der Waals surface area (Å²) in [5.74, 6) is 1.10. The number of hydrogen-bond donors (Lipinski definition) is 0. The number of amides is 1. The maximum absolute atomic E-state index is 13.5. The van der Waals surface area contributed by atoms with E-state index in [1.54, 1.807) is 0 Å². The van der Waals surface area contributed by atoms with Gasteiger partial charge in [0.2, 0.25) is 0 Å². The molecule has 0 atom stereocenters. The van der Waals surface area contributed by atoms with Gasteiger partial charge in [-0.2, -0.15) is 5.26 Å². The summed E-state index contributed by atoms with van der Waals surface area (Å²) in [5.41, 5.74) is 5.90. The number of rotatable bonds is 5. The molecule has 7 heteroatoms. The maximum atomic E-state index is 13.5. The minimum atomic E-state index is 0.119. The first-order chi connectivity index (χ1) is 18.0. The largest absolute Gasteiger partial charge is 0.368 e. The molecule has 0 bridgehead atoms. The van der Waals surface area contributed by atoms with Crippen LogP contribution in [0.15, 0.2) is 60.8 Å². The van der Waals surface area contributed by atoms with E-state index >= 15 is 0 Å². The van der Waals surface area contributed by atoms with Crippen LogP contribution in [0.4, 0.5) is 11.5 Å². The molecule has 2 aromatic carbocycles. The fourth-order valence-corrected chi connectivity index (χ4v) is 5.20. The SMILES string of the molecule is Cc1ccc(N2CCN(C(=O)c3cc(CN4CCN(c5ccccc5C#N)CC4)ccc3C)CC2)nc1. The van der Waals surface area contributed by atoms with Crippen LogP contribution in [0.2, 0.25) is 0 Å². The first-order valence-corrected chi connectivity index (χ1v) is 13.0. The average molecular weight is 495 g/mol. The normalized spacial score (nSPS) is 16.5. The molecule has 5 rings (SSSR count). The Hall–Kier alpha value is -3.89. The number of carbonyl (C=O) groups excluding carboxylic acids is 1. The van der Waals surface area contributed by atoms with Gasteiger partial charge in [-0.25, -0.2) is 4.98 Å². The van der Waals surface area contributed by atoms with Gasteiger partial charge < -0.3 is 14.7 Å². The number of pyridine rings is 1. The Morgan fingerprint density at radius 1 is 0.892 bits per heavy atom. The molecule has 190 valence electrons. The van der Waals surface area contributed by atoms with Gasteiger partial charge in [-0.05, 0) is 54.8 Å². The summed E-state index contributed by atoms with van der Waals surface area (Å²) >= 11 is 0. The van der Waals surface area contributed by atoms with Gasteiger partial charge in [0.1, 0.15) is 11.9 Å². The molecular formula is C30H34N6O. The smallest absolute Gasteiger partial charge is 0.254 e. The molecule has 7 nitrogen and oxygen atoms in total. The van der Waals surface area contributed by atoms with Crippen LogP contribution in [0, 0.1) is 25.2 Å². The summed E-state index contributed by atoms with van der Waals surface area (Å²) < 4.78 is 0. The summed E-state index contributed by atoms with van der Waals surface area (Å²) in [5, 5.41) is 9.43. The monoisotopic (exact) mass is 494 g/mol. The molecule has 2 aliphatic heterocycles. The van der Waals surface area contributed by atoms with Crippen LogP contribution in [-0.4, -0.2) is 73.0 Å². The van der Waals surface area contributed by atoms with Crippen molar-refractivity contribution >= 4 is 17.4 Å². The van der Waals surface area contributed by atoms with Gasteiger partial charge in [0.15, 0.2) is 0 Å². The van der Waals surface area contributed by atoms with E-state index in [4.69, 9.17) is 0 Å². The maximum Gasteiger partial charge on any atom is 0.254 e. The van der Waals surface area contributed by atoms with E-state index in [1.807, 2.05) is 49.2 Å². The number of nitrogens with zero attached hydrogens (tertiary/aromatic N) is 6. The average Bonchev–Trinajstić information content (AvgIpc) is 2.94. The molecule has 0 N–H and O–H groups in total. The number of aromatic nitrogens is 1. The van der Waals surface area contributed by atoms with Crippen LogP contribution in [-0.2, 0) is 6.54 Å². The van der Waals surface area contributed by atoms with E-state index in [1.165, 1.54) is 5.56 Å². The Bertz CT molecular complexity index is 1280. The highest BCUT2D eigenvalue weighted by Gasteiger charge is 2.25. The van der Waals surface area contributed by atoms with Crippen molar-refractivity contribution in [1.82, 2.24) is 14.8 Å². The number of carbonyl (C=O) groups is 1. The molecule has 3 heterocycles. The zero-order valence-corrected chi connectivity index (χ0v) is 21.7. The van der Waals surface area contributed by atoms with E-state index in [2.05, 4.69) is 56.1 Å². The lowest BCUT2D eigenvalue weighted by Crippen LogP contribution is -2.49. The van der Waals surface area contributed by atoms with E-state index < -0.39 is 0 Å². The van der Waals surface area contributed by atoms with Crippen molar-refractivity contribution in [3.8, 4) is 6.07 Å². The van der Waals surface area contributed by atoms with Gasteiger partial charge in [-0.3, -0.25) is 9.69 Å². The molecule has 2 fully saturated rings. The van der Waals surface area contributed by atoms with Crippen molar-refractivity contribution in [2.45, 2.75) is 20.4 Å². The summed E-state index contributed by atoms with van der Waals surface area (Å²) in [6, 6.07) is 20.6. The molecule has 3 aromatic rings. The quantitative estimate of drug-likeness (QED) is 0.537. The summed E-state index contributed by atoms with van der Waals surface area (Å²) in [6.45, 7) is 11.5. The Morgan fingerprint density at radius 2 is 1.62 bits per heavy atom. The van der Waals surface area contributed by atoms with Crippen molar-refractivity contribution in [1.29, 1.82) is 5.26 Å². The van der Waals surface area contributed by atoms with Crippen molar-refractivity contribution in [3.05, 3.63) is 88.6 Å². The fraction of sp³-hybridized carbons (Fsp3) is 0.367. The second-order valence-corrected chi connectivity index (χ2v) is 10.0. The van der Waals surface area contributed by atoms with E-state index in [0.717, 1.165) is 79.6 Å². The standard InChI is InChI=1S/C30H34N6O/c1-23-7-10-29(32-21-23)35-15-17-36(18-16-35)30(37)27-19-25(9-8-24(27)2)22-33-11-13-34(14-12-33)28-6-4-3-5-26(28)20-31/h3-10,19,21H,11-18,22H2,1-2H3. The van der Waals surface area contributed by atoms with E-state index in [-0.39, 0.29) is 5.91 Å². The Kier molecular flexibility index (Phi) is 7.38. The number of anilines is 2. The number of piperazine rings is 2. The molecule has 0 aliphatic carbocycles. The molecule has 1 aromatic heterocycles. The van der Waals surface area contributed by atoms with Gasteiger partial charge in [0.05, 0.1) is 11.3 Å². The van der Waals surface area contributed by atoms with E-state index in [9.17, 15) is 10.1 Å². The molecule has 0 radical (unpaired) electrons. The number of nitriles is 1. The first-order valence-electron chi connectivity index (χ1n) is 13.0. The minimum Gasteiger partial charge on any atom is -0.368 e. The van der Waals surface area contributed by atoms with Gasteiger partial charge in [-0.1, -0.05) is 30.3 Å². The molecule has 2 aliphatic rings. The van der Waals surface area contributed by atoms with Crippen LogP contribution >= 0.6 is 0 Å². The number of aryl methyl sites for hydroxylation is 2. The van der Waals surface area contributed by atoms with Crippen molar-refractivity contribution in [2.24, 2.45) is 0 Å². The zero-order chi connectivity index (χ0) is 25.8. The lowest BCUT2D eigenvalue weighted by Gasteiger charge is -2.37. The highest BCUT2D eigenvalue weighted by atomic mass is 16.2. The third-order valence-corrected chi connectivity index (χ3v) is 7.46. The van der Waals surface area contributed by atoms with Crippen LogP contribution in [0.1, 0.15) is 32.6 Å². The first kappa shape index (κ1) is 24.8. The zero-order valence-electron chi connectivity index (χ0n) is 21.7. The number of benzene rings is 2. The molecule has 2 saturated heterocycles. The third kappa shape index (κ3) is 5.60. The molecule has 0 saturated carbocycles. The van der Waals surface area contributed by atoms with Crippen LogP contribution in [0.5, 0.6) is 0 Å². The Balaban J connectivity index is 1.18. The molecule has 1 amide bonds. The minimum absolute atomic E-state index is 0.119. The summed E-state index contributed by atoms with van der Waals surface area (Å²) in [4.78, 5) is 27.0. The third-order valence-electron chi connectivity index (χ3n) is 7.46. The molecule has 0 spiro atoms. The lowest BCUT2D eigenvalue weighted by molar-refractivity contribution is 0.0745. The predicted molar refractivity (Wildman–Crippen MR) is 147 cm³/mol. The molecule has 0 unspecified atom stereocenters. The van der Waals surface area contributed by atoms with Crippen molar-refractivity contribution in [3.63, 3.8) is 0 Å². The van der Waals surface area contributed by atoms with Gasteiger partial charge >= 0.3 is 0 Å². The van der Waals surface area contributed by atoms with E-state index in [0.29, 0.717) is 13.1 Å². The lowest BCUT2D eigenvalue weighted by atomic mass is 10.0. The second-order valence-electron chi connectivity index (χ2n) is 10.0. The summed E-state index contributed by atoms with van der Waals surface area (Å²) in [7, 11) is 0. The fourth-order valence-electron chi connectivity index (χ4n) is 5.20. The number of hydrogen-bond acceptors (Lipinski definition) is 6. The summed E-state index contributed by atoms with van der Waals surface area (Å²) in [6.07, 6.45) is 1.90.